The summed E-state index contributed by atoms with van der Waals surface area (Å²) in [5.74, 6) is -1.88. The maximum absolute atomic E-state index is 12.8. The van der Waals surface area contributed by atoms with Crippen molar-refractivity contribution in [3.63, 3.8) is 0 Å². The van der Waals surface area contributed by atoms with Crippen molar-refractivity contribution in [1.29, 1.82) is 0 Å². The standard InChI is InChI=1S/C23H28N5O5PS.C12H11N3O2.C11H19N2O4PS/c1-4-26-34(30,33-5-2)15-35(31,32)19-12-10-18(11-13-19)27-23(29)21-22(24)25-14-20(28-21)17-8-6-16(3)7-9-17;1-7-2-4-8(5-3-7)9-6-14-11(13)10(15-9)12(16)17;1-3-13-18(14,17-4-2)9-19(15,16)11-7-5-10(12)6-8-11/h6-14H,4-5,15H2,1-3H3,(H2,24,25)(H,26,30)(H,27,29);2-6H,1H3,(H2,13,14)(H,16,17);5-8H,3-4,9,12H2,1-2H3,(H,13,14). The molecule has 2 aromatic heterocycles. The van der Waals surface area contributed by atoms with Gasteiger partial charge in [0.25, 0.3) is 20.9 Å². The van der Waals surface area contributed by atoms with Gasteiger partial charge in [0.1, 0.15) is 11.0 Å². The lowest BCUT2D eigenvalue weighted by Crippen LogP contribution is -2.20. The number of amides is 1. The monoisotopic (exact) mass is 1050 g/mol. The summed E-state index contributed by atoms with van der Waals surface area (Å²) >= 11 is 0. The van der Waals surface area contributed by atoms with Gasteiger partial charge in [-0.1, -0.05) is 73.5 Å². The number of carboxylic acids is 1. The average Bonchev–Trinajstić information content (AvgIpc) is 3.30. The van der Waals surface area contributed by atoms with Crippen LogP contribution in [0.4, 0.5) is 23.0 Å². The lowest BCUT2D eigenvalue weighted by atomic mass is 10.1. The third kappa shape index (κ3) is 16.9. The van der Waals surface area contributed by atoms with Crippen LogP contribution in [0.25, 0.3) is 22.5 Å². The van der Waals surface area contributed by atoms with Gasteiger partial charge in [-0.2, -0.15) is 0 Å². The van der Waals surface area contributed by atoms with Gasteiger partial charge in [0.05, 0.1) is 46.8 Å². The minimum atomic E-state index is -3.91. The quantitative estimate of drug-likeness (QED) is 0.0306. The lowest BCUT2D eigenvalue weighted by molar-refractivity contribution is 0.0691. The predicted octanol–water partition coefficient (Wildman–Crippen LogP) is 7.43. The second-order valence-electron chi connectivity index (χ2n) is 15.3. The Bertz CT molecular complexity index is 3080. The number of aromatic carboxylic acids is 1. The average molecular weight is 1050 g/mol. The Morgan fingerprint density at radius 1 is 0.592 bits per heavy atom. The Morgan fingerprint density at radius 2 is 0.972 bits per heavy atom. The number of nitrogens with one attached hydrogen (secondary N) is 3. The number of rotatable bonds is 19. The Hall–Kier alpha value is -6.42. The first-order valence-corrected chi connectivity index (χ1v) is 28.7. The molecule has 10 N–H and O–H groups in total. The van der Waals surface area contributed by atoms with E-state index in [9.17, 15) is 35.6 Å². The Labute approximate surface area is 413 Å². The molecule has 0 aliphatic rings. The number of carboxylic acid groups (broad SMARTS) is 1. The van der Waals surface area contributed by atoms with Crippen molar-refractivity contribution in [3.8, 4) is 22.5 Å². The first-order chi connectivity index (χ1) is 33.5. The fraction of sp³-hybridized carbons (Fsp3) is 0.261. The summed E-state index contributed by atoms with van der Waals surface area (Å²) in [5.41, 5.74) is 20.9. The van der Waals surface area contributed by atoms with E-state index in [-0.39, 0.29) is 46.0 Å². The Kier molecular flexibility index (Phi) is 20.6. The molecular weight excluding hydrogens is 995 g/mol. The topological polar surface area (TPSA) is 341 Å². The molecule has 71 heavy (non-hydrogen) atoms. The van der Waals surface area contributed by atoms with Crippen LogP contribution in [0.2, 0.25) is 0 Å². The maximum Gasteiger partial charge on any atom is 0.358 e. The molecule has 4 aromatic carbocycles. The minimum absolute atomic E-state index is 0.0346. The molecule has 1 amide bonds. The molecule has 0 bridgehead atoms. The van der Waals surface area contributed by atoms with Crippen molar-refractivity contribution in [2.75, 3.05) is 59.8 Å². The fourth-order valence-corrected chi connectivity index (χ4v) is 15.4. The van der Waals surface area contributed by atoms with E-state index < -0.39 is 57.6 Å². The molecular formula is C46H58N10O11P2S2. The minimum Gasteiger partial charge on any atom is -0.476 e. The van der Waals surface area contributed by atoms with Gasteiger partial charge in [-0.25, -0.2) is 51.7 Å². The van der Waals surface area contributed by atoms with Crippen LogP contribution >= 0.6 is 15.0 Å². The second-order valence-corrected chi connectivity index (χ2v) is 24.6. The highest BCUT2D eigenvalue weighted by atomic mass is 32.2. The molecule has 0 saturated carbocycles. The van der Waals surface area contributed by atoms with Crippen molar-refractivity contribution in [2.45, 2.75) is 51.3 Å². The number of nitrogen functional groups attached to an aromatic ring is 3. The number of aryl methyl sites for hydroxylation is 2. The van der Waals surface area contributed by atoms with Gasteiger partial charge in [0.2, 0.25) is 0 Å². The number of nitrogens with zero attached hydrogens (tertiary/aromatic N) is 4. The largest absolute Gasteiger partial charge is 0.476 e. The highest BCUT2D eigenvalue weighted by Gasteiger charge is 2.32. The molecule has 2 atom stereocenters. The number of anilines is 4. The zero-order valence-corrected chi connectivity index (χ0v) is 43.3. The molecule has 0 aliphatic heterocycles. The zero-order valence-electron chi connectivity index (χ0n) is 39.9. The third-order valence-electron chi connectivity index (χ3n) is 9.58. The number of carbonyl (C=O) groups excluding carboxylic acids is 1. The van der Waals surface area contributed by atoms with Gasteiger partial charge in [-0.05, 0) is 76.2 Å². The molecule has 2 unspecified atom stereocenters. The van der Waals surface area contributed by atoms with E-state index in [1.165, 1.54) is 60.9 Å². The summed E-state index contributed by atoms with van der Waals surface area (Å²) in [6.07, 6.45) is 2.96. The van der Waals surface area contributed by atoms with Gasteiger partial charge < -0.3 is 36.7 Å². The molecule has 6 aromatic rings. The zero-order chi connectivity index (χ0) is 52.6. The van der Waals surface area contributed by atoms with Gasteiger partial charge in [-0.15, -0.1) is 0 Å². The van der Waals surface area contributed by atoms with Crippen LogP contribution in [-0.4, -0.2) is 91.0 Å². The molecule has 0 aliphatic carbocycles. The van der Waals surface area contributed by atoms with Gasteiger partial charge >= 0.3 is 5.97 Å². The van der Waals surface area contributed by atoms with Crippen LogP contribution < -0.4 is 32.7 Å². The summed E-state index contributed by atoms with van der Waals surface area (Å²) in [6.45, 7) is 11.7. The van der Waals surface area contributed by atoms with E-state index in [4.69, 9.17) is 31.4 Å². The van der Waals surface area contributed by atoms with E-state index in [0.29, 0.717) is 35.9 Å². The Balaban J connectivity index is 0.000000256. The van der Waals surface area contributed by atoms with Crippen LogP contribution in [0.3, 0.4) is 0 Å². The normalized spacial score (nSPS) is 13.0. The number of nitrogens with two attached hydrogens (primary N) is 3. The summed E-state index contributed by atoms with van der Waals surface area (Å²) in [4.78, 5) is 40.0. The van der Waals surface area contributed by atoms with E-state index in [0.717, 1.165) is 22.3 Å². The van der Waals surface area contributed by atoms with Crippen LogP contribution in [-0.2, 0) is 37.9 Å². The lowest BCUT2D eigenvalue weighted by Gasteiger charge is -2.18. The SMILES string of the molecule is CCNP(=O)(CS(=O)(=O)c1ccc(N)cc1)OCC.CCNP(=O)(CS(=O)(=O)c1ccc(NC(=O)c2nc(-c3ccc(C)cc3)cnc2N)cc1)OCC.Cc1ccc(-c2cnc(N)c(C(=O)O)n2)cc1. The van der Waals surface area contributed by atoms with E-state index in [1.807, 2.05) is 62.4 Å². The number of hydrogen-bond acceptors (Lipinski definition) is 17. The van der Waals surface area contributed by atoms with E-state index in [1.54, 1.807) is 27.7 Å². The number of carbonyl (C=O) groups is 2. The fourth-order valence-electron chi connectivity index (χ4n) is 6.21. The molecule has 25 heteroatoms. The first kappa shape index (κ1) is 57.2. The van der Waals surface area contributed by atoms with Gasteiger partial charge in [-0.3, -0.25) is 13.9 Å². The summed E-state index contributed by atoms with van der Waals surface area (Å²) < 4.78 is 85.3. The summed E-state index contributed by atoms with van der Waals surface area (Å²) in [5, 5.41) is 16.8. The molecule has 2 heterocycles. The van der Waals surface area contributed by atoms with E-state index in [2.05, 4.69) is 35.4 Å². The molecule has 0 radical (unpaired) electrons. The molecule has 0 saturated heterocycles. The molecule has 6 rings (SSSR count). The molecule has 21 nitrogen and oxygen atoms in total. The third-order valence-corrected chi connectivity index (χ3v) is 19.9. The molecule has 380 valence electrons. The van der Waals surface area contributed by atoms with Gasteiger partial charge in [0.15, 0.2) is 42.7 Å². The summed E-state index contributed by atoms with van der Waals surface area (Å²) in [6, 6.07) is 26.4. The number of hydrogen-bond donors (Lipinski definition) is 7. The number of aromatic nitrogens is 4. The van der Waals surface area contributed by atoms with Crippen molar-refractivity contribution in [1.82, 2.24) is 30.1 Å². The highest BCUT2D eigenvalue weighted by molar-refractivity contribution is 7.98. The van der Waals surface area contributed by atoms with Crippen molar-refractivity contribution in [3.05, 3.63) is 132 Å². The van der Waals surface area contributed by atoms with Crippen LogP contribution in [0, 0.1) is 13.8 Å². The predicted molar refractivity (Wildman–Crippen MR) is 275 cm³/mol. The smallest absolute Gasteiger partial charge is 0.358 e. The van der Waals surface area contributed by atoms with Crippen molar-refractivity contribution in [2.24, 2.45) is 0 Å². The summed E-state index contributed by atoms with van der Waals surface area (Å²) in [7, 11) is -14.5. The van der Waals surface area contributed by atoms with E-state index >= 15 is 0 Å². The van der Waals surface area contributed by atoms with Crippen LogP contribution in [0.5, 0.6) is 0 Å². The molecule has 0 spiro atoms. The van der Waals surface area contributed by atoms with Crippen LogP contribution in [0.1, 0.15) is 59.8 Å². The van der Waals surface area contributed by atoms with Crippen molar-refractivity contribution >= 4 is 69.6 Å². The highest BCUT2D eigenvalue weighted by Crippen LogP contribution is 2.45. The number of sulfone groups is 2. The first-order valence-electron chi connectivity index (χ1n) is 21.8. The number of benzene rings is 4. The van der Waals surface area contributed by atoms with Gasteiger partial charge in [0, 0.05) is 35.6 Å². The van der Waals surface area contributed by atoms with Crippen molar-refractivity contribution < 1.29 is 49.7 Å². The Morgan fingerprint density at radius 3 is 1.35 bits per heavy atom. The second kappa shape index (κ2) is 25.6. The maximum atomic E-state index is 12.8. The van der Waals surface area contributed by atoms with Crippen LogP contribution in [0.15, 0.2) is 119 Å². The molecule has 0 fully saturated rings.